The van der Waals surface area contributed by atoms with Crippen LogP contribution in [0.5, 0.6) is 0 Å². The van der Waals surface area contributed by atoms with Crippen molar-refractivity contribution in [3.8, 4) is 0 Å². The lowest BCUT2D eigenvalue weighted by atomic mass is 9.82. The highest BCUT2D eigenvalue weighted by Gasteiger charge is 2.32. The molecule has 0 atom stereocenters. The van der Waals surface area contributed by atoms with Crippen LogP contribution in [-0.2, 0) is 11.3 Å². The van der Waals surface area contributed by atoms with E-state index in [0.29, 0.717) is 0 Å². The largest absolute Gasteiger partial charge is 0.381 e. The third kappa shape index (κ3) is 2.47. The van der Waals surface area contributed by atoms with Crippen LogP contribution in [0.25, 0.3) is 10.1 Å². The van der Waals surface area contributed by atoms with Crippen LogP contribution in [0.15, 0.2) is 28.5 Å². The Balaban J connectivity index is 1.95. The van der Waals surface area contributed by atoms with Crippen LogP contribution in [0.3, 0.4) is 0 Å². The van der Waals surface area contributed by atoms with Gasteiger partial charge in [0.05, 0.1) is 5.39 Å². The maximum absolute atomic E-state index is 12.4. The van der Waals surface area contributed by atoms with Crippen molar-refractivity contribution in [3.05, 3.63) is 34.1 Å². The van der Waals surface area contributed by atoms with Crippen molar-refractivity contribution < 1.29 is 4.74 Å². The number of thiophene rings is 1. The summed E-state index contributed by atoms with van der Waals surface area (Å²) in [5, 5.41) is 2.80. The first-order valence-electron chi connectivity index (χ1n) is 6.49. The van der Waals surface area contributed by atoms with Gasteiger partial charge in [-0.05, 0) is 36.1 Å². The highest BCUT2D eigenvalue weighted by atomic mass is 32.1. The molecular weight excluding hydrogens is 278 g/mol. The Labute approximate surface area is 121 Å². The minimum atomic E-state index is 0.0921. The fraction of sp³-hybridized carbons (Fsp3) is 0.500. The predicted molar refractivity (Wildman–Crippen MR) is 82.4 cm³/mol. The first-order chi connectivity index (χ1) is 9.24. The van der Waals surface area contributed by atoms with Gasteiger partial charge in [-0.2, -0.15) is 12.6 Å². The number of hydrogen-bond acceptors (Lipinski definition) is 4. The quantitative estimate of drug-likeness (QED) is 0.883. The first-order valence-corrected chi connectivity index (χ1v) is 8.01. The van der Waals surface area contributed by atoms with Crippen molar-refractivity contribution >= 4 is 34.1 Å². The van der Waals surface area contributed by atoms with Crippen LogP contribution in [0.4, 0.5) is 0 Å². The van der Waals surface area contributed by atoms with Gasteiger partial charge < -0.3 is 9.30 Å². The molecule has 3 rings (SSSR count). The zero-order valence-corrected chi connectivity index (χ0v) is 12.4. The molecule has 3 heterocycles. The molecule has 2 aromatic rings. The maximum atomic E-state index is 12.4. The molecule has 1 aliphatic heterocycles. The lowest BCUT2D eigenvalue weighted by Gasteiger charge is -2.36. The molecule has 0 unspecified atom stereocenters. The molecule has 2 aromatic heterocycles. The molecule has 0 bridgehead atoms. The van der Waals surface area contributed by atoms with E-state index in [2.05, 4.69) is 12.6 Å². The second-order valence-electron chi connectivity index (χ2n) is 5.22. The van der Waals surface area contributed by atoms with Crippen LogP contribution in [0.2, 0.25) is 0 Å². The average molecular weight is 295 g/mol. The van der Waals surface area contributed by atoms with Gasteiger partial charge in [0.2, 0.25) is 0 Å². The van der Waals surface area contributed by atoms with E-state index in [1.54, 1.807) is 11.3 Å². The smallest absolute Gasteiger partial charge is 0.259 e. The molecule has 5 heteroatoms. The van der Waals surface area contributed by atoms with E-state index in [0.717, 1.165) is 48.4 Å². The van der Waals surface area contributed by atoms with Gasteiger partial charge in [0.15, 0.2) is 0 Å². The monoisotopic (exact) mass is 295 g/mol. The second kappa shape index (κ2) is 5.31. The molecule has 0 radical (unpaired) electrons. The van der Waals surface area contributed by atoms with E-state index in [9.17, 15) is 4.79 Å². The Hall–Kier alpha value is -0.780. The van der Waals surface area contributed by atoms with Gasteiger partial charge in [0, 0.05) is 36.1 Å². The van der Waals surface area contributed by atoms with E-state index < -0.39 is 0 Å². The topological polar surface area (TPSA) is 31.2 Å². The molecule has 0 N–H and O–H groups in total. The van der Waals surface area contributed by atoms with Crippen molar-refractivity contribution in [1.82, 2.24) is 4.57 Å². The molecule has 0 amide bonds. The third-order valence-corrected chi connectivity index (χ3v) is 5.54. The highest BCUT2D eigenvalue weighted by Crippen LogP contribution is 2.33. The van der Waals surface area contributed by atoms with Gasteiger partial charge in [-0.3, -0.25) is 4.79 Å². The Morgan fingerprint density at radius 2 is 2.16 bits per heavy atom. The zero-order chi connectivity index (χ0) is 13.3. The van der Waals surface area contributed by atoms with Crippen molar-refractivity contribution in [2.75, 3.05) is 19.0 Å². The number of nitrogens with zero attached hydrogens (tertiary/aromatic N) is 1. The summed E-state index contributed by atoms with van der Waals surface area (Å²) in [7, 11) is 0. The van der Waals surface area contributed by atoms with E-state index >= 15 is 0 Å². The van der Waals surface area contributed by atoms with Gasteiger partial charge in [0.25, 0.3) is 5.56 Å². The molecule has 0 spiro atoms. The summed E-state index contributed by atoms with van der Waals surface area (Å²) in [5.74, 6) is 0.796. The zero-order valence-electron chi connectivity index (χ0n) is 10.7. The summed E-state index contributed by atoms with van der Waals surface area (Å²) in [4.78, 5) is 12.4. The van der Waals surface area contributed by atoms with Crippen molar-refractivity contribution in [1.29, 1.82) is 0 Å². The Kier molecular flexibility index (Phi) is 3.69. The van der Waals surface area contributed by atoms with E-state index in [4.69, 9.17) is 4.74 Å². The molecule has 1 aliphatic rings. The van der Waals surface area contributed by atoms with Crippen LogP contribution < -0.4 is 5.56 Å². The number of rotatable bonds is 3. The van der Waals surface area contributed by atoms with Crippen LogP contribution in [0.1, 0.15) is 12.8 Å². The van der Waals surface area contributed by atoms with Gasteiger partial charge >= 0.3 is 0 Å². The number of fused-ring (bicyclic) bond motifs is 1. The SMILES string of the molecule is O=c1c2ccsc2ccn1CC1(CS)CCOCC1. The van der Waals surface area contributed by atoms with Gasteiger partial charge in [0.1, 0.15) is 0 Å². The van der Waals surface area contributed by atoms with Crippen LogP contribution >= 0.6 is 24.0 Å². The van der Waals surface area contributed by atoms with Crippen molar-refractivity contribution in [2.24, 2.45) is 5.41 Å². The van der Waals surface area contributed by atoms with Gasteiger partial charge in [-0.15, -0.1) is 11.3 Å². The second-order valence-corrected chi connectivity index (χ2v) is 6.48. The molecule has 0 aliphatic carbocycles. The molecular formula is C14H17NO2S2. The fourth-order valence-corrected chi connectivity index (χ4v) is 3.85. The summed E-state index contributed by atoms with van der Waals surface area (Å²) >= 11 is 6.12. The third-order valence-electron chi connectivity index (χ3n) is 3.99. The van der Waals surface area contributed by atoms with E-state index in [1.165, 1.54) is 0 Å². The summed E-state index contributed by atoms with van der Waals surface area (Å²) in [5.41, 5.74) is 0.209. The number of pyridine rings is 1. The average Bonchev–Trinajstić information content (AvgIpc) is 2.92. The van der Waals surface area contributed by atoms with Gasteiger partial charge in [-0.1, -0.05) is 0 Å². The minimum absolute atomic E-state index is 0.0921. The highest BCUT2D eigenvalue weighted by molar-refractivity contribution is 7.80. The van der Waals surface area contributed by atoms with Crippen molar-refractivity contribution in [3.63, 3.8) is 0 Å². The lowest BCUT2D eigenvalue weighted by molar-refractivity contribution is 0.0178. The number of ether oxygens (including phenoxy) is 1. The summed E-state index contributed by atoms with van der Waals surface area (Å²) < 4.78 is 8.34. The standard InChI is InChI=1S/C14H17NO2S2/c16-13-11-2-8-19-12(11)1-5-15(13)9-14(10-18)3-6-17-7-4-14/h1-2,5,8,18H,3-4,6-7,9-10H2. The van der Waals surface area contributed by atoms with Crippen LogP contribution in [-0.4, -0.2) is 23.5 Å². The van der Waals surface area contributed by atoms with Crippen LogP contribution in [0, 0.1) is 5.41 Å². The molecule has 0 aromatic carbocycles. The van der Waals surface area contributed by atoms with Crippen molar-refractivity contribution in [2.45, 2.75) is 19.4 Å². The Morgan fingerprint density at radius 3 is 2.89 bits per heavy atom. The normalized spacial score (nSPS) is 18.8. The van der Waals surface area contributed by atoms with E-state index in [1.807, 2.05) is 28.3 Å². The Morgan fingerprint density at radius 1 is 1.37 bits per heavy atom. The number of aromatic nitrogens is 1. The summed E-state index contributed by atoms with van der Waals surface area (Å²) in [6.07, 6.45) is 3.87. The molecule has 1 saturated heterocycles. The Bertz CT molecular complexity index is 626. The molecule has 1 fully saturated rings. The van der Waals surface area contributed by atoms with Gasteiger partial charge in [-0.25, -0.2) is 0 Å². The van der Waals surface area contributed by atoms with E-state index in [-0.39, 0.29) is 11.0 Å². The molecule has 0 saturated carbocycles. The number of hydrogen-bond donors (Lipinski definition) is 1. The fourth-order valence-electron chi connectivity index (χ4n) is 2.66. The minimum Gasteiger partial charge on any atom is -0.381 e. The maximum Gasteiger partial charge on any atom is 0.259 e. The molecule has 102 valence electrons. The predicted octanol–water partition coefficient (Wildman–Crippen LogP) is 2.79. The summed E-state index contributed by atoms with van der Waals surface area (Å²) in [6.45, 7) is 2.29. The molecule has 3 nitrogen and oxygen atoms in total. The number of thiol groups is 1. The lowest BCUT2D eigenvalue weighted by Crippen LogP contribution is -2.38. The summed E-state index contributed by atoms with van der Waals surface area (Å²) in [6, 6.07) is 3.95. The molecule has 19 heavy (non-hydrogen) atoms. The first kappa shape index (κ1) is 13.2.